The zero-order valence-corrected chi connectivity index (χ0v) is 15.8. The minimum absolute atomic E-state index is 0.0126. The Morgan fingerprint density at radius 2 is 2.23 bits per heavy atom. The molecule has 0 bridgehead atoms. The predicted octanol–water partition coefficient (Wildman–Crippen LogP) is 1.76. The number of carbonyl (C=O) groups is 1. The zero-order chi connectivity index (χ0) is 18.2. The third kappa shape index (κ3) is 5.01. The van der Waals surface area contributed by atoms with E-state index in [2.05, 4.69) is 20.4 Å². The van der Waals surface area contributed by atoms with Crippen molar-refractivity contribution in [3.05, 3.63) is 24.2 Å². The Balaban J connectivity index is 1.63. The molecule has 1 N–H and O–H groups in total. The summed E-state index contributed by atoms with van der Waals surface area (Å²) in [5.41, 5.74) is 0. The summed E-state index contributed by atoms with van der Waals surface area (Å²) in [5, 5.41) is 12.3. The summed E-state index contributed by atoms with van der Waals surface area (Å²) in [7, 11) is 1.65. The van der Waals surface area contributed by atoms with Crippen LogP contribution in [-0.2, 0) is 16.1 Å². The van der Waals surface area contributed by atoms with E-state index in [1.54, 1.807) is 13.4 Å². The average Bonchev–Trinajstić information content (AvgIpc) is 3.39. The van der Waals surface area contributed by atoms with Crippen LogP contribution in [-0.4, -0.2) is 59.8 Å². The molecule has 1 fully saturated rings. The zero-order valence-electron chi connectivity index (χ0n) is 15.0. The first kappa shape index (κ1) is 18.8. The fraction of sp³-hybridized carbons (Fsp3) is 0.588. The van der Waals surface area contributed by atoms with E-state index in [9.17, 15) is 4.79 Å². The van der Waals surface area contributed by atoms with Gasteiger partial charge in [-0.2, -0.15) is 0 Å². The quantitative estimate of drug-likeness (QED) is 0.497. The van der Waals surface area contributed by atoms with Crippen molar-refractivity contribution in [1.29, 1.82) is 0 Å². The molecule has 0 unspecified atom stereocenters. The Bertz CT molecular complexity index is 683. The molecular formula is C17H25N5O3S. The fourth-order valence-electron chi connectivity index (χ4n) is 2.86. The van der Waals surface area contributed by atoms with Gasteiger partial charge in [0.25, 0.3) is 0 Å². The molecule has 1 amide bonds. The number of carbonyl (C=O) groups excluding carboxylic acids is 1. The summed E-state index contributed by atoms with van der Waals surface area (Å²) in [6, 6.07) is 3.81. The van der Waals surface area contributed by atoms with Crippen LogP contribution in [0, 0.1) is 0 Å². The van der Waals surface area contributed by atoms with Crippen LogP contribution in [0.15, 0.2) is 28.0 Å². The van der Waals surface area contributed by atoms with Gasteiger partial charge in [-0.05, 0) is 31.4 Å². The van der Waals surface area contributed by atoms with Gasteiger partial charge in [-0.15, -0.1) is 10.2 Å². The second-order valence-corrected chi connectivity index (χ2v) is 7.07. The lowest BCUT2D eigenvalue weighted by molar-refractivity contribution is -0.118. The third-order valence-corrected chi connectivity index (χ3v) is 5.13. The second-order valence-electron chi connectivity index (χ2n) is 6.13. The lowest BCUT2D eigenvalue weighted by Crippen LogP contribution is -2.27. The third-order valence-electron chi connectivity index (χ3n) is 4.16. The number of furan rings is 1. The first-order chi connectivity index (χ1) is 12.8. The predicted molar refractivity (Wildman–Crippen MR) is 99.5 cm³/mol. The molecule has 1 aliphatic heterocycles. The minimum atomic E-state index is -0.0126. The number of rotatable bonds is 10. The topological polar surface area (TPSA) is 85.4 Å². The van der Waals surface area contributed by atoms with Gasteiger partial charge in [-0.3, -0.25) is 9.36 Å². The monoisotopic (exact) mass is 379 g/mol. The molecule has 142 valence electrons. The van der Waals surface area contributed by atoms with Gasteiger partial charge < -0.3 is 19.4 Å². The number of ether oxygens (including phenoxy) is 1. The standard InChI is InChI=1S/C17H25N5O3S/c1-24-10-5-7-18-15(23)13-26-17-20-19-16(21-8-2-3-9-21)22(17)12-14-6-4-11-25-14/h4,6,11H,2-3,5,7-10,12-13H2,1H3,(H,18,23). The summed E-state index contributed by atoms with van der Waals surface area (Å²) in [5.74, 6) is 1.99. The van der Waals surface area contributed by atoms with E-state index in [0.29, 0.717) is 25.4 Å². The van der Waals surface area contributed by atoms with Crippen LogP contribution in [0.4, 0.5) is 5.95 Å². The number of hydrogen-bond donors (Lipinski definition) is 1. The average molecular weight is 379 g/mol. The fourth-order valence-corrected chi connectivity index (χ4v) is 3.62. The SMILES string of the molecule is COCCCNC(=O)CSc1nnc(N2CCCC2)n1Cc1ccco1. The summed E-state index contributed by atoms with van der Waals surface area (Å²) in [6.45, 7) is 3.79. The second kappa shape index (κ2) is 9.63. The number of aromatic nitrogens is 3. The van der Waals surface area contributed by atoms with Gasteiger partial charge in [0.1, 0.15) is 5.76 Å². The van der Waals surface area contributed by atoms with Crippen molar-refractivity contribution in [3.8, 4) is 0 Å². The molecule has 3 rings (SSSR count). The molecular weight excluding hydrogens is 354 g/mol. The first-order valence-corrected chi connectivity index (χ1v) is 9.85. The molecule has 0 atom stereocenters. The molecule has 0 spiro atoms. The maximum atomic E-state index is 12.0. The molecule has 0 saturated carbocycles. The van der Waals surface area contributed by atoms with Gasteiger partial charge in [-0.1, -0.05) is 11.8 Å². The van der Waals surface area contributed by atoms with E-state index in [1.807, 2.05) is 16.7 Å². The van der Waals surface area contributed by atoms with Gasteiger partial charge in [0.2, 0.25) is 11.9 Å². The van der Waals surface area contributed by atoms with Crippen LogP contribution in [0.1, 0.15) is 25.0 Å². The number of thioether (sulfide) groups is 1. The van der Waals surface area contributed by atoms with E-state index in [0.717, 1.165) is 36.4 Å². The molecule has 1 aliphatic rings. The lowest BCUT2D eigenvalue weighted by atomic mass is 10.4. The van der Waals surface area contributed by atoms with E-state index in [1.165, 1.54) is 24.6 Å². The number of nitrogens with one attached hydrogen (secondary N) is 1. The highest BCUT2D eigenvalue weighted by molar-refractivity contribution is 7.99. The highest BCUT2D eigenvalue weighted by Gasteiger charge is 2.22. The Morgan fingerprint density at radius 1 is 1.38 bits per heavy atom. The normalized spacial score (nSPS) is 14.1. The van der Waals surface area contributed by atoms with Gasteiger partial charge >= 0.3 is 0 Å². The van der Waals surface area contributed by atoms with Crippen molar-refractivity contribution in [3.63, 3.8) is 0 Å². The molecule has 2 aromatic rings. The van der Waals surface area contributed by atoms with Crippen LogP contribution >= 0.6 is 11.8 Å². The highest BCUT2D eigenvalue weighted by atomic mass is 32.2. The maximum Gasteiger partial charge on any atom is 0.230 e. The van der Waals surface area contributed by atoms with Crippen molar-refractivity contribution in [2.24, 2.45) is 0 Å². The van der Waals surface area contributed by atoms with Crippen LogP contribution in [0.3, 0.4) is 0 Å². The number of methoxy groups -OCH3 is 1. The molecule has 8 nitrogen and oxygen atoms in total. The van der Waals surface area contributed by atoms with Crippen molar-refractivity contribution >= 4 is 23.6 Å². The van der Waals surface area contributed by atoms with Gasteiger partial charge in [-0.25, -0.2) is 0 Å². The number of hydrogen-bond acceptors (Lipinski definition) is 7. The molecule has 0 aliphatic carbocycles. The van der Waals surface area contributed by atoms with Gasteiger partial charge in [0.05, 0.1) is 18.6 Å². The smallest absolute Gasteiger partial charge is 0.230 e. The highest BCUT2D eigenvalue weighted by Crippen LogP contribution is 2.25. The van der Waals surface area contributed by atoms with Crippen LogP contribution in [0.2, 0.25) is 0 Å². The van der Waals surface area contributed by atoms with Crippen LogP contribution in [0.25, 0.3) is 0 Å². The Morgan fingerprint density at radius 3 is 2.96 bits per heavy atom. The van der Waals surface area contributed by atoms with Crippen LogP contribution < -0.4 is 10.2 Å². The maximum absolute atomic E-state index is 12.0. The van der Waals surface area contributed by atoms with Crippen molar-refractivity contribution < 1.29 is 13.9 Å². The van der Waals surface area contributed by atoms with Crippen molar-refractivity contribution in [2.45, 2.75) is 31.0 Å². The molecule has 0 radical (unpaired) electrons. The molecule has 0 aromatic carbocycles. The molecule has 3 heterocycles. The Hall–Kier alpha value is -2.00. The van der Waals surface area contributed by atoms with E-state index < -0.39 is 0 Å². The molecule has 26 heavy (non-hydrogen) atoms. The summed E-state index contributed by atoms with van der Waals surface area (Å²) < 4.78 is 12.5. The Kier molecular flexibility index (Phi) is 6.96. The summed E-state index contributed by atoms with van der Waals surface area (Å²) in [4.78, 5) is 14.3. The van der Waals surface area contributed by atoms with E-state index in [4.69, 9.17) is 9.15 Å². The number of amides is 1. The largest absolute Gasteiger partial charge is 0.467 e. The van der Waals surface area contributed by atoms with E-state index >= 15 is 0 Å². The summed E-state index contributed by atoms with van der Waals surface area (Å²) >= 11 is 1.40. The van der Waals surface area contributed by atoms with Crippen molar-refractivity contribution in [2.75, 3.05) is 44.0 Å². The summed E-state index contributed by atoms with van der Waals surface area (Å²) in [6.07, 6.45) is 4.80. The lowest BCUT2D eigenvalue weighted by Gasteiger charge is -2.17. The van der Waals surface area contributed by atoms with Gasteiger partial charge in [0.15, 0.2) is 5.16 Å². The molecule has 2 aromatic heterocycles. The number of anilines is 1. The molecule has 9 heteroatoms. The minimum Gasteiger partial charge on any atom is -0.467 e. The van der Waals surface area contributed by atoms with Crippen LogP contribution in [0.5, 0.6) is 0 Å². The van der Waals surface area contributed by atoms with E-state index in [-0.39, 0.29) is 5.91 Å². The molecule has 1 saturated heterocycles. The number of nitrogens with zero attached hydrogens (tertiary/aromatic N) is 4. The Labute approximate surface area is 157 Å². The van der Waals surface area contributed by atoms with Gasteiger partial charge in [0, 0.05) is 33.4 Å². The van der Waals surface area contributed by atoms with Crippen molar-refractivity contribution in [1.82, 2.24) is 20.1 Å². The first-order valence-electron chi connectivity index (χ1n) is 8.87.